The maximum absolute atomic E-state index is 12.1. The summed E-state index contributed by atoms with van der Waals surface area (Å²) in [5.41, 5.74) is 5.89. The maximum Gasteiger partial charge on any atom is 0.222 e. The van der Waals surface area contributed by atoms with Gasteiger partial charge in [-0.15, -0.1) is 12.4 Å². The lowest BCUT2D eigenvalue weighted by Gasteiger charge is -2.31. The number of piperidine rings is 1. The molecule has 0 aliphatic carbocycles. The zero-order valence-electron chi connectivity index (χ0n) is 14.1. The number of rotatable bonds is 8. The van der Waals surface area contributed by atoms with Crippen LogP contribution < -0.4 is 5.73 Å². The van der Waals surface area contributed by atoms with Gasteiger partial charge < -0.3 is 15.5 Å². The zero-order valence-corrected chi connectivity index (χ0v) is 14.9. The van der Waals surface area contributed by atoms with Gasteiger partial charge in [0.25, 0.3) is 0 Å². The van der Waals surface area contributed by atoms with Crippen molar-refractivity contribution in [1.29, 1.82) is 0 Å². The minimum Gasteiger partial charge on any atom is -0.343 e. The molecule has 0 aromatic heterocycles. The van der Waals surface area contributed by atoms with Crippen molar-refractivity contribution in [2.75, 3.05) is 26.2 Å². The van der Waals surface area contributed by atoms with Crippen molar-refractivity contribution in [1.82, 2.24) is 9.80 Å². The summed E-state index contributed by atoms with van der Waals surface area (Å²) in [5.74, 6) is 0.331. The van der Waals surface area contributed by atoms with E-state index >= 15 is 0 Å². The van der Waals surface area contributed by atoms with Crippen molar-refractivity contribution in [3.63, 3.8) is 0 Å². The number of carbonyl (C=O) groups is 2. The highest BCUT2D eigenvalue weighted by molar-refractivity contribution is 5.85. The van der Waals surface area contributed by atoms with Gasteiger partial charge in [-0.05, 0) is 32.1 Å². The summed E-state index contributed by atoms with van der Waals surface area (Å²) < 4.78 is 0. The topological polar surface area (TPSA) is 66.6 Å². The van der Waals surface area contributed by atoms with Gasteiger partial charge in [-0.2, -0.15) is 0 Å². The van der Waals surface area contributed by atoms with E-state index in [4.69, 9.17) is 5.73 Å². The van der Waals surface area contributed by atoms with Crippen LogP contribution in [0.5, 0.6) is 0 Å². The average Bonchev–Trinajstić information content (AvgIpc) is 2.46. The molecule has 0 saturated carbocycles. The predicted octanol–water partition coefficient (Wildman–Crippen LogP) is 2.18. The number of amides is 2. The lowest BCUT2D eigenvalue weighted by molar-refractivity contribution is -0.133. The molecule has 0 bridgehead atoms. The van der Waals surface area contributed by atoms with Gasteiger partial charge in [0.1, 0.15) is 0 Å². The summed E-state index contributed by atoms with van der Waals surface area (Å²) in [6.07, 6.45) is 5.55. The Hall–Kier alpha value is -0.810. The summed E-state index contributed by atoms with van der Waals surface area (Å²) in [4.78, 5) is 28.0. The van der Waals surface area contributed by atoms with E-state index < -0.39 is 0 Å². The Morgan fingerprint density at radius 1 is 1.18 bits per heavy atom. The molecule has 1 heterocycles. The third kappa shape index (κ3) is 7.45. The Kier molecular flexibility index (Phi) is 11.3. The van der Waals surface area contributed by atoms with Gasteiger partial charge in [0.2, 0.25) is 11.8 Å². The summed E-state index contributed by atoms with van der Waals surface area (Å²) in [5, 5.41) is 0. The van der Waals surface area contributed by atoms with E-state index in [1.54, 1.807) is 0 Å². The molecule has 22 heavy (non-hydrogen) atoms. The van der Waals surface area contributed by atoms with Gasteiger partial charge >= 0.3 is 0 Å². The normalized spacial score (nSPS) is 17.8. The van der Waals surface area contributed by atoms with Crippen LogP contribution in [0.25, 0.3) is 0 Å². The minimum atomic E-state index is 0. The van der Waals surface area contributed by atoms with E-state index in [-0.39, 0.29) is 30.3 Å². The van der Waals surface area contributed by atoms with Gasteiger partial charge in [0.05, 0.1) is 0 Å². The van der Waals surface area contributed by atoms with E-state index in [9.17, 15) is 9.59 Å². The van der Waals surface area contributed by atoms with E-state index in [1.165, 1.54) is 0 Å². The fourth-order valence-electron chi connectivity index (χ4n) is 2.84. The molecule has 130 valence electrons. The first-order chi connectivity index (χ1) is 10.1. The third-order valence-corrected chi connectivity index (χ3v) is 3.93. The molecule has 0 radical (unpaired) electrons. The fraction of sp³-hybridized carbons (Fsp3) is 0.875. The number of hydrogen-bond acceptors (Lipinski definition) is 3. The summed E-state index contributed by atoms with van der Waals surface area (Å²) in [6.45, 7) is 7.30. The SMILES string of the molecule is CCCN(CCC)C(=O)CCCC(=O)N1CCCC(N)C1.Cl. The summed E-state index contributed by atoms with van der Waals surface area (Å²) in [6, 6.07) is 0.119. The summed E-state index contributed by atoms with van der Waals surface area (Å²) >= 11 is 0. The van der Waals surface area contributed by atoms with Crippen LogP contribution in [0.3, 0.4) is 0 Å². The van der Waals surface area contributed by atoms with E-state index in [0.717, 1.165) is 45.3 Å². The number of likely N-dealkylation sites (tertiary alicyclic amines) is 1. The van der Waals surface area contributed by atoms with Gasteiger partial charge in [0, 0.05) is 45.1 Å². The highest BCUT2D eigenvalue weighted by Crippen LogP contribution is 2.11. The molecule has 1 unspecified atom stereocenters. The number of halogens is 1. The minimum absolute atomic E-state index is 0. The molecule has 2 amide bonds. The molecule has 2 N–H and O–H groups in total. The van der Waals surface area contributed by atoms with Crippen LogP contribution in [0, 0.1) is 0 Å². The van der Waals surface area contributed by atoms with Gasteiger partial charge in [-0.3, -0.25) is 9.59 Å². The Bertz CT molecular complexity index is 317. The highest BCUT2D eigenvalue weighted by atomic mass is 35.5. The Balaban J connectivity index is 0.00000441. The highest BCUT2D eigenvalue weighted by Gasteiger charge is 2.21. The second-order valence-corrected chi connectivity index (χ2v) is 5.98. The molecule has 1 aliphatic heterocycles. The zero-order chi connectivity index (χ0) is 15.7. The molecule has 0 aromatic carbocycles. The lowest BCUT2D eigenvalue weighted by atomic mass is 10.1. The molecular weight excluding hydrogens is 302 g/mol. The van der Waals surface area contributed by atoms with Crippen LogP contribution in [0.1, 0.15) is 58.8 Å². The second kappa shape index (κ2) is 11.7. The smallest absolute Gasteiger partial charge is 0.222 e. The Labute approximate surface area is 141 Å². The quantitative estimate of drug-likeness (QED) is 0.740. The van der Waals surface area contributed by atoms with Crippen molar-refractivity contribution < 1.29 is 9.59 Å². The largest absolute Gasteiger partial charge is 0.343 e. The molecule has 1 rings (SSSR count). The van der Waals surface area contributed by atoms with Crippen molar-refractivity contribution in [2.24, 2.45) is 5.73 Å². The molecule has 0 spiro atoms. The van der Waals surface area contributed by atoms with E-state index in [1.807, 2.05) is 9.80 Å². The number of hydrogen-bond donors (Lipinski definition) is 1. The Morgan fingerprint density at radius 3 is 2.36 bits per heavy atom. The van der Waals surface area contributed by atoms with Gasteiger partial charge in [0.15, 0.2) is 0 Å². The van der Waals surface area contributed by atoms with Crippen LogP contribution in [0.15, 0.2) is 0 Å². The monoisotopic (exact) mass is 333 g/mol. The van der Waals surface area contributed by atoms with Crippen molar-refractivity contribution >= 4 is 24.2 Å². The van der Waals surface area contributed by atoms with Crippen LogP contribution >= 0.6 is 12.4 Å². The van der Waals surface area contributed by atoms with Crippen LogP contribution in [0.2, 0.25) is 0 Å². The fourth-order valence-corrected chi connectivity index (χ4v) is 2.84. The van der Waals surface area contributed by atoms with Crippen molar-refractivity contribution in [2.45, 2.75) is 64.8 Å². The first-order valence-corrected chi connectivity index (χ1v) is 8.39. The first kappa shape index (κ1) is 21.2. The standard InChI is InChI=1S/C16H31N3O2.ClH/c1-3-10-18(11-4-2)15(20)8-5-9-16(21)19-12-6-7-14(17)13-19;/h14H,3-13,17H2,1-2H3;1H. The van der Waals surface area contributed by atoms with E-state index in [0.29, 0.717) is 25.8 Å². The average molecular weight is 334 g/mol. The van der Waals surface area contributed by atoms with Crippen molar-refractivity contribution in [3.05, 3.63) is 0 Å². The Morgan fingerprint density at radius 2 is 1.82 bits per heavy atom. The van der Waals surface area contributed by atoms with Crippen LogP contribution in [-0.4, -0.2) is 53.8 Å². The molecule has 5 nitrogen and oxygen atoms in total. The number of carbonyl (C=O) groups excluding carboxylic acids is 2. The molecule has 0 aromatic rings. The number of nitrogens with zero attached hydrogens (tertiary/aromatic N) is 2. The van der Waals surface area contributed by atoms with E-state index in [2.05, 4.69) is 13.8 Å². The van der Waals surface area contributed by atoms with Gasteiger partial charge in [-0.1, -0.05) is 13.8 Å². The molecule has 1 aliphatic rings. The number of nitrogens with two attached hydrogens (primary N) is 1. The van der Waals surface area contributed by atoms with Crippen LogP contribution in [-0.2, 0) is 9.59 Å². The molecular formula is C16H32ClN3O2. The maximum atomic E-state index is 12.1. The third-order valence-electron chi connectivity index (χ3n) is 3.93. The lowest BCUT2D eigenvalue weighted by Crippen LogP contribution is -2.45. The molecule has 1 atom stereocenters. The second-order valence-electron chi connectivity index (χ2n) is 5.98. The summed E-state index contributed by atoms with van der Waals surface area (Å²) in [7, 11) is 0. The molecule has 6 heteroatoms. The van der Waals surface area contributed by atoms with Crippen molar-refractivity contribution in [3.8, 4) is 0 Å². The molecule has 1 saturated heterocycles. The van der Waals surface area contributed by atoms with Crippen LogP contribution in [0.4, 0.5) is 0 Å². The predicted molar refractivity (Wildman–Crippen MR) is 92.1 cm³/mol. The first-order valence-electron chi connectivity index (χ1n) is 8.39. The van der Waals surface area contributed by atoms with Gasteiger partial charge in [-0.25, -0.2) is 0 Å². The molecule has 1 fully saturated rings.